The van der Waals surface area contributed by atoms with E-state index < -0.39 is 0 Å². The Hall–Kier alpha value is -1.82. The summed E-state index contributed by atoms with van der Waals surface area (Å²) in [6.07, 6.45) is 3.49. The van der Waals surface area contributed by atoms with E-state index in [0.717, 1.165) is 0 Å². The van der Waals surface area contributed by atoms with Crippen LogP contribution in [-0.4, -0.2) is 24.0 Å². The molecule has 0 aromatic carbocycles. The quantitative estimate of drug-likeness (QED) is 0.626. The topological polar surface area (TPSA) is 111 Å². The maximum Gasteiger partial charge on any atom is 0.227 e. The number of hydrogen-bond acceptors (Lipinski definition) is 5. The Balaban J connectivity index is 2.31. The summed E-state index contributed by atoms with van der Waals surface area (Å²) < 4.78 is 0. The fraction of sp³-hybridized carbons (Fsp3) is 0.400. The molecule has 1 unspecified atom stereocenters. The lowest BCUT2D eigenvalue weighted by molar-refractivity contribution is -0.117. The van der Waals surface area contributed by atoms with E-state index in [-0.39, 0.29) is 11.8 Å². The molecule has 6 nitrogen and oxygen atoms in total. The number of amides is 1. The van der Waals surface area contributed by atoms with E-state index in [1.165, 1.54) is 6.20 Å². The van der Waals surface area contributed by atoms with Crippen molar-refractivity contribution < 1.29 is 4.79 Å². The second kappa shape index (κ2) is 3.97. The number of pyridine rings is 1. The standard InChI is InChI=1S/C10H15N5O/c11-2-6-1-9(16)15(5-6)8-4-14-3-7(12)10(8)13/h3-4,6H,1-2,5,11-12H2,(H2,13,14). The molecule has 1 atom stereocenters. The molecule has 1 aromatic heterocycles. The van der Waals surface area contributed by atoms with Gasteiger partial charge in [-0.3, -0.25) is 9.78 Å². The van der Waals surface area contributed by atoms with Crippen LogP contribution < -0.4 is 22.1 Å². The van der Waals surface area contributed by atoms with Crippen LogP contribution in [0.15, 0.2) is 12.4 Å². The molecule has 1 aliphatic rings. The van der Waals surface area contributed by atoms with E-state index in [4.69, 9.17) is 17.2 Å². The van der Waals surface area contributed by atoms with E-state index in [1.807, 2.05) is 0 Å². The molecule has 0 bridgehead atoms. The van der Waals surface area contributed by atoms with Gasteiger partial charge in [0.15, 0.2) is 0 Å². The van der Waals surface area contributed by atoms with Crippen molar-refractivity contribution in [3.8, 4) is 0 Å². The Morgan fingerprint density at radius 1 is 1.44 bits per heavy atom. The van der Waals surface area contributed by atoms with Gasteiger partial charge in [-0.25, -0.2) is 0 Å². The molecule has 0 spiro atoms. The molecular formula is C10H15N5O. The number of anilines is 3. The number of carbonyl (C=O) groups is 1. The lowest BCUT2D eigenvalue weighted by atomic mass is 10.1. The van der Waals surface area contributed by atoms with E-state index in [1.54, 1.807) is 11.1 Å². The first-order chi connectivity index (χ1) is 7.63. The van der Waals surface area contributed by atoms with Gasteiger partial charge in [-0.1, -0.05) is 0 Å². The number of hydrogen-bond donors (Lipinski definition) is 3. The maximum absolute atomic E-state index is 11.8. The monoisotopic (exact) mass is 221 g/mol. The average molecular weight is 221 g/mol. The third kappa shape index (κ3) is 1.67. The highest BCUT2D eigenvalue weighted by atomic mass is 16.2. The second-order valence-corrected chi connectivity index (χ2v) is 3.97. The van der Waals surface area contributed by atoms with Gasteiger partial charge in [0.25, 0.3) is 0 Å². The van der Waals surface area contributed by atoms with Crippen LogP contribution in [-0.2, 0) is 4.79 Å². The summed E-state index contributed by atoms with van der Waals surface area (Å²) >= 11 is 0. The molecule has 1 aliphatic heterocycles. The third-order valence-electron chi connectivity index (χ3n) is 2.83. The second-order valence-electron chi connectivity index (χ2n) is 3.97. The number of nitrogen functional groups attached to an aromatic ring is 2. The van der Waals surface area contributed by atoms with Gasteiger partial charge in [0.2, 0.25) is 5.91 Å². The Morgan fingerprint density at radius 3 is 2.81 bits per heavy atom. The first kappa shape index (κ1) is 10.7. The molecule has 6 heteroatoms. The van der Waals surface area contributed by atoms with Gasteiger partial charge < -0.3 is 22.1 Å². The minimum Gasteiger partial charge on any atom is -0.396 e. The lowest BCUT2D eigenvalue weighted by Crippen LogP contribution is -2.27. The smallest absolute Gasteiger partial charge is 0.227 e. The largest absolute Gasteiger partial charge is 0.396 e. The van der Waals surface area contributed by atoms with Crippen LogP contribution in [0.2, 0.25) is 0 Å². The summed E-state index contributed by atoms with van der Waals surface area (Å²) in [6, 6.07) is 0. The van der Waals surface area contributed by atoms with Gasteiger partial charge in [-0.15, -0.1) is 0 Å². The predicted octanol–water partition coefficient (Wildman–Crippen LogP) is -0.442. The van der Waals surface area contributed by atoms with Gasteiger partial charge in [0.1, 0.15) is 0 Å². The van der Waals surface area contributed by atoms with Crippen LogP contribution in [0.3, 0.4) is 0 Å². The molecule has 0 radical (unpaired) electrons. The van der Waals surface area contributed by atoms with Crippen molar-refractivity contribution in [3.63, 3.8) is 0 Å². The normalized spacial score (nSPS) is 20.4. The van der Waals surface area contributed by atoms with Crippen molar-refractivity contribution in [2.45, 2.75) is 6.42 Å². The fourth-order valence-electron chi connectivity index (χ4n) is 1.86. The Labute approximate surface area is 93.4 Å². The number of nitrogens with zero attached hydrogens (tertiary/aromatic N) is 2. The summed E-state index contributed by atoms with van der Waals surface area (Å²) in [5, 5.41) is 0. The van der Waals surface area contributed by atoms with Crippen LogP contribution in [0.1, 0.15) is 6.42 Å². The zero-order valence-electron chi connectivity index (χ0n) is 8.89. The summed E-state index contributed by atoms with van der Waals surface area (Å²) in [7, 11) is 0. The molecule has 0 aliphatic carbocycles. The van der Waals surface area contributed by atoms with Crippen molar-refractivity contribution in [1.82, 2.24) is 4.98 Å². The van der Waals surface area contributed by atoms with Gasteiger partial charge in [0, 0.05) is 13.0 Å². The van der Waals surface area contributed by atoms with Crippen molar-refractivity contribution in [1.29, 1.82) is 0 Å². The van der Waals surface area contributed by atoms with Gasteiger partial charge in [-0.2, -0.15) is 0 Å². The zero-order valence-corrected chi connectivity index (χ0v) is 8.89. The SMILES string of the molecule is NCC1CC(=O)N(c2cncc(N)c2N)C1. The molecule has 2 heterocycles. The molecule has 16 heavy (non-hydrogen) atoms. The van der Waals surface area contributed by atoms with E-state index in [0.29, 0.717) is 36.6 Å². The first-order valence-electron chi connectivity index (χ1n) is 5.13. The summed E-state index contributed by atoms with van der Waals surface area (Å²) in [6.45, 7) is 1.09. The molecule has 1 fully saturated rings. The Morgan fingerprint density at radius 2 is 2.19 bits per heavy atom. The molecule has 0 saturated carbocycles. The summed E-state index contributed by atoms with van der Waals surface area (Å²) in [5.74, 6) is 0.211. The van der Waals surface area contributed by atoms with Crippen molar-refractivity contribution in [2.24, 2.45) is 11.7 Å². The number of nitrogens with two attached hydrogens (primary N) is 3. The average Bonchev–Trinajstić information content (AvgIpc) is 2.64. The Kier molecular flexibility index (Phi) is 2.66. The Bertz CT molecular complexity index is 420. The molecule has 1 amide bonds. The molecular weight excluding hydrogens is 206 g/mol. The van der Waals surface area contributed by atoms with Crippen LogP contribution in [0, 0.1) is 5.92 Å². The molecule has 86 valence electrons. The van der Waals surface area contributed by atoms with Gasteiger partial charge in [-0.05, 0) is 12.5 Å². The molecule has 6 N–H and O–H groups in total. The minimum absolute atomic E-state index is 0.0227. The summed E-state index contributed by atoms with van der Waals surface area (Å²) in [4.78, 5) is 17.3. The highest BCUT2D eigenvalue weighted by Crippen LogP contribution is 2.31. The van der Waals surface area contributed by atoms with Crippen molar-refractivity contribution >= 4 is 23.0 Å². The highest BCUT2D eigenvalue weighted by Gasteiger charge is 2.31. The summed E-state index contributed by atoms with van der Waals surface area (Å²) in [5.41, 5.74) is 18.4. The number of carbonyl (C=O) groups excluding carboxylic acids is 1. The van der Waals surface area contributed by atoms with Gasteiger partial charge >= 0.3 is 0 Å². The van der Waals surface area contributed by atoms with Crippen molar-refractivity contribution in [3.05, 3.63) is 12.4 Å². The third-order valence-corrected chi connectivity index (χ3v) is 2.83. The number of aromatic nitrogens is 1. The van der Waals surface area contributed by atoms with E-state index in [2.05, 4.69) is 4.98 Å². The zero-order chi connectivity index (χ0) is 11.7. The van der Waals surface area contributed by atoms with Crippen LogP contribution >= 0.6 is 0 Å². The molecule has 1 saturated heterocycles. The molecule has 1 aromatic rings. The van der Waals surface area contributed by atoms with Crippen LogP contribution in [0.5, 0.6) is 0 Å². The van der Waals surface area contributed by atoms with Crippen LogP contribution in [0.4, 0.5) is 17.1 Å². The maximum atomic E-state index is 11.8. The minimum atomic E-state index is 0.0227. The lowest BCUT2D eigenvalue weighted by Gasteiger charge is -2.18. The molecule has 2 rings (SSSR count). The van der Waals surface area contributed by atoms with E-state index >= 15 is 0 Å². The number of rotatable bonds is 2. The van der Waals surface area contributed by atoms with Gasteiger partial charge in [0.05, 0.1) is 29.5 Å². The predicted molar refractivity (Wildman–Crippen MR) is 62.6 cm³/mol. The highest BCUT2D eigenvalue weighted by molar-refractivity contribution is 5.99. The van der Waals surface area contributed by atoms with E-state index in [9.17, 15) is 4.79 Å². The first-order valence-corrected chi connectivity index (χ1v) is 5.13. The van der Waals surface area contributed by atoms with Crippen LogP contribution in [0.25, 0.3) is 0 Å². The van der Waals surface area contributed by atoms with Crippen molar-refractivity contribution in [2.75, 3.05) is 29.5 Å². The fourth-order valence-corrected chi connectivity index (χ4v) is 1.86.